The quantitative estimate of drug-likeness (QED) is 0.886. The van der Waals surface area contributed by atoms with Crippen LogP contribution in [0.2, 0.25) is 0 Å². The molecule has 1 aliphatic heterocycles. The maximum Gasteiger partial charge on any atom is 0.310 e. The van der Waals surface area contributed by atoms with Crippen molar-refractivity contribution in [3.05, 3.63) is 30.1 Å². The van der Waals surface area contributed by atoms with Gasteiger partial charge in [-0.1, -0.05) is 13.3 Å². The summed E-state index contributed by atoms with van der Waals surface area (Å²) in [4.78, 5) is 17.9. The second kappa shape index (κ2) is 5.70. The second-order valence-electron chi connectivity index (χ2n) is 5.51. The van der Waals surface area contributed by atoms with Crippen LogP contribution in [-0.2, 0) is 4.79 Å². The minimum absolute atomic E-state index is 0.251. The predicted octanol–water partition coefficient (Wildman–Crippen LogP) is 2.72. The summed E-state index contributed by atoms with van der Waals surface area (Å²) in [5, 5.41) is 9.53. The molecule has 4 nitrogen and oxygen atoms in total. The van der Waals surface area contributed by atoms with Crippen LogP contribution in [0.15, 0.2) is 24.5 Å². The molecule has 0 aliphatic carbocycles. The van der Waals surface area contributed by atoms with Gasteiger partial charge in [0.2, 0.25) is 0 Å². The lowest BCUT2D eigenvalue weighted by Crippen LogP contribution is -2.35. The van der Waals surface area contributed by atoms with Gasteiger partial charge in [0.1, 0.15) is 0 Å². The number of aromatic nitrogens is 1. The maximum atomic E-state index is 11.6. The Morgan fingerprint density at radius 1 is 1.53 bits per heavy atom. The first-order valence-corrected chi connectivity index (χ1v) is 6.96. The van der Waals surface area contributed by atoms with Crippen molar-refractivity contribution in [2.75, 3.05) is 13.1 Å². The Bertz CT molecular complexity index is 435. The van der Waals surface area contributed by atoms with E-state index in [4.69, 9.17) is 0 Å². The molecule has 0 radical (unpaired) electrons. The van der Waals surface area contributed by atoms with Crippen molar-refractivity contribution in [1.29, 1.82) is 0 Å². The van der Waals surface area contributed by atoms with Crippen molar-refractivity contribution in [3.8, 4) is 0 Å². The first kappa shape index (κ1) is 14.0. The van der Waals surface area contributed by atoms with Crippen LogP contribution in [0.3, 0.4) is 0 Å². The van der Waals surface area contributed by atoms with Crippen molar-refractivity contribution >= 4 is 5.97 Å². The number of hydrogen-bond donors (Lipinski definition) is 1. The molecule has 0 bridgehead atoms. The molecule has 2 rings (SSSR count). The molecule has 2 atom stereocenters. The van der Waals surface area contributed by atoms with Gasteiger partial charge in [-0.3, -0.25) is 14.7 Å². The van der Waals surface area contributed by atoms with Gasteiger partial charge in [-0.05, 0) is 44.0 Å². The van der Waals surface area contributed by atoms with E-state index >= 15 is 0 Å². The Morgan fingerprint density at radius 3 is 2.79 bits per heavy atom. The molecule has 0 amide bonds. The van der Waals surface area contributed by atoms with Gasteiger partial charge in [-0.25, -0.2) is 0 Å². The van der Waals surface area contributed by atoms with Crippen molar-refractivity contribution in [2.24, 2.45) is 5.41 Å². The van der Waals surface area contributed by atoms with Gasteiger partial charge < -0.3 is 5.11 Å². The van der Waals surface area contributed by atoms with E-state index in [0.717, 1.165) is 25.8 Å². The number of carbonyl (C=O) groups is 1. The van der Waals surface area contributed by atoms with Gasteiger partial charge >= 0.3 is 5.97 Å². The smallest absolute Gasteiger partial charge is 0.310 e. The fraction of sp³-hybridized carbons (Fsp3) is 0.600. The van der Waals surface area contributed by atoms with E-state index in [1.165, 1.54) is 5.56 Å². The molecule has 1 N–H and O–H groups in total. The third-order valence-corrected chi connectivity index (χ3v) is 4.30. The lowest BCUT2D eigenvalue weighted by Gasteiger charge is -2.28. The molecule has 0 spiro atoms. The van der Waals surface area contributed by atoms with Crippen LogP contribution in [0.4, 0.5) is 0 Å². The second-order valence-corrected chi connectivity index (χ2v) is 5.51. The highest BCUT2D eigenvalue weighted by Gasteiger charge is 2.45. The molecule has 0 aromatic carbocycles. The molecule has 0 saturated carbocycles. The third kappa shape index (κ3) is 2.78. The SMILES string of the molecule is CCCC1(C(=O)O)CCN(C(C)c2ccncc2)C1. The maximum absolute atomic E-state index is 11.6. The minimum Gasteiger partial charge on any atom is -0.481 e. The lowest BCUT2D eigenvalue weighted by atomic mass is 9.82. The molecule has 19 heavy (non-hydrogen) atoms. The van der Waals surface area contributed by atoms with Gasteiger partial charge in [-0.15, -0.1) is 0 Å². The highest BCUT2D eigenvalue weighted by Crippen LogP contribution is 2.39. The van der Waals surface area contributed by atoms with Crippen molar-refractivity contribution in [1.82, 2.24) is 9.88 Å². The summed E-state index contributed by atoms with van der Waals surface area (Å²) >= 11 is 0. The summed E-state index contributed by atoms with van der Waals surface area (Å²) in [5.74, 6) is -0.640. The molecular weight excluding hydrogens is 240 g/mol. The zero-order valence-corrected chi connectivity index (χ0v) is 11.7. The summed E-state index contributed by atoms with van der Waals surface area (Å²) in [6.07, 6.45) is 6.02. The number of hydrogen-bond acceptors (Lipinski definition) is 3. The van der Waals surface area contributed by atoms with Crippen molar-refractivity contribution in [2.45, 2.75) is 39.2 Å². The van der Waals surface area contributed by atoms with Crippen LogP contribution in [0.5, 0.6) is 0 Å². The third-order valence-electron chi connectivity index (χ3n) is 4.30. The fourth-order valence-electron chi connectivity index (χ4n) is 3.05. The van der Waals surface area contributed by atoms with Gasteiger partial charge in [0.15, 0.2) is 0 Å². The summed E-state index contributed by atoms with van der Waals surface area (Å²) in [6.45, 7) is 5.70. The molecule has 4 heteroatoms. The molecule has 1 saturated heterocycles. The Kier molecular flexibility index (Phi) is 4.20. The normalized spacial score (nSPS) is 25.4. The Labute approximate surface area is 114 Å². The number of pyridine rings is 1. The van der Waals surface area contributed by atoms with Gasteiger partial charge in [-0.2, -0.15) is 0 Å². The Hall–Kier alpha value is -1.42. The zero-order chi connectivity index (χ0) is 13.9. The average molecular weight is 262 g/mol. The van der Waals surface area contributed by atoms with Gasteiger partial charge in [0.25, 0.3) is 0 Å². The van der Waals surface area contributed by atoms with Crippen LogP contribution < -0.4 is 0 Å². The summed E-state index contributed by atoms with van der Waals surface area (Å²) in [6, 6.07) is 4.26. The van der Waals surface area contributed by atoms with Crippen molar-refractivity contribution in [3.63, 3.8) is 0 Å². The number of nitrogens with zero attached hydrogens (tertiary/aromatic N) is 2. The van der Waals surface area contributed by atoms with Crippen LogP contribution in [0, 0.1) is 5.41 Å². The van der Waals surface area contributed by atoms with E-state index in [1.54, 1.807) is 12.4 Å². The molecule has 1 aromatic heterocycles. The van der Waals surface area contributed by atoms with Gasteiger partial charge in [0.05, 0.1) is 5.41 Å². The van der Waals surface area contributed by atoms with Crippen LogP contribution in [0.1, 0.15) is 44.7 Å². The zero-order valence-electron chi connectivity index (χ0n) is 11.7. The Balaban J connectivity index is 2.11. The molecule has 1 aromatic rings. The number of rotatable bonds is 5. The van der Waals surface area contributed by atoms with E-state index in [-0.39, 0.29) is 6.04 Å². The molecule has 1 aliphatic rings. The molecule has 2 heterocycles. The molecule has 104 valence electrons. The van der Waals surface area contributed by atoms with E-state index in [1.807, 2.05) is 12.1 Å². The molecule has 1 fully saturated rings. The lowest BCUT2D eigenvalue weighted by molar-refractivity contribution is -0.148. The highest BCUT2D eigenvalue weighted by atomic mass is 16.4. The van der Waals surface area contributed by atoms with E-state index in [0.29, 0.717) is 6.54 Å². The molecular formula is C15H22N2O2. The fourth-order valence-corrected chi connectivity index (χ4v) is 3.05. The molecule has 2 unspecified atom stereocenters. The highest BCUT2D eigenvalue weighted by molar-refractivity contribution is 5.75. The minimum atomic E-state index is -0.640. The number of carboxylic acids is 1. The summed E-state index contributed by atoms with van der Waals surface area (Å²) in [5.41, 5.74) is 0.656. The van der Waals surface area contributed by atoms with Crippen molar-refractivity contribution < 1.29 is 9.90 Å². The van der Waals surface area contributed by atoms with Crippen LogP contribution in [-0.4, -0.2) is 34.0 Å². The first-order valence-electron chi connectivity index (χ1n) is 6.96. The first-order chi connectivity index (χ1) is 9.09. The predicted molar refractivity (Wildman–Crippen MR) is 73.8 cm³/mol. The largest absolute Gasteiger partial charge is 0.481 e. The number of likely N-dealkylation sites (tertiary alicyclic amines) is 1. The summed E-state index contributed by atoms with van der Waals surface area (Å²) < 4.78 is 0. The topological polar surface area (TPSA) is 53.4 Å². The summed E-state index contributed by atoms with van der Waals surface area (Å²) in [7, 11) is 0. The van der Waals surface area contributed by atoms with Gasteiger partial charge in [0, 0.05) is 25.0 Å². The number of carboxylic acid groups (broad SMARTS) is 1. The average Bonchev–Trinajstić information content (AvgIpc) is 2.85. The van der Waals surface area contributed by atoms with E-state index in [9.17, 15) is 9.90 Å². The van der Waals surface area contributed by atoms with Crippen LogP contribution in [0.25, 0.3) is 0 Å². The monoisotopic (exact) mass is 262 g/mol. The van der Waals surface area contributed by atoms with E-state index in [2.05, 4.69) is 23.7 Å². The Morgan fingerprint density at radius 2 is 2.21 bits per heavy atom. The number of aliphatic carboxylic acids is 1. The van der Waals surface area contributed by atoms with E-state index < -0.39 is 11.4 Å². The standard InChI is InChI=1S/C15H22N2O2/c1-3-6-15(14(18)19)7-10-17(11-15)12(2)13-4-8-16-9-5-13/h4-5,8-9,12H,3,6-7,10-11H2,1-2H3,(H,18,19). The van der Waals surface area contributed by atoms with Crippen LogP contribution >= 0.6 is 0 Å².